The Morgan fingerprint density at radius 2 is 1.47 bits per heavy atom. The Morgan fingerprint density at radius 3 is 2.00 bits per heavy atom. The van der Waals surface area contributed by atoms with Gasteiger partial charge in [-0.05, 0) is 55.6 Å². The molecule has 1 N–H and O–H groups in total. The molecule has 0 bridgehead atoms. The first-order chi connectivity index (χ1) is 16.6. The van der Waals surface area contributed by atoms with Crippen LogP contribution in [0, 0.1) is 16.0 Å². The molecule has 0 radical (unpaired) electrons. The lowest BCUT2D eigenvalue weighted by Crippen LogP contribution is -2.40. The van der Waals surface area contributed by atoms with Crippen LogP contribution in [0.5, 0.6) is 0 Å². The molecular weight excluding hydrogens is 426 g/mol. The number of nitro groups is 1. The highest BCUT2D eigenvalue weighted by Crippen LogP contribution is 2.29. The number of nitrogens with zero attached hydrogens (tertiary/aromatic N) is 2. The zero-order valence-corrected chi connectivity index (χ0v) is 19.3. The van der Waals surface area contributed by atoms with Gasteiger partial charge in [0.1, 0.15) is 0 Å². The van der Waals surface area contributed by atoms with Crippen molar-refractivity contribution in [2.45, 2.75) is 31.7 Å². The fourth-order valence-electron chi connectivity index (χ4n) is 4.70. The van der Waals surface area contributed by atoms with Gasteiger partial charge in [0.15, 0.2) is 0 Å². The molecule has 34 heavy (non-hydrogen) atoms. The van der Waals surface area contributed by atoms with E-state index in [-0.39, 0.29) is 17.5 Å². The molecule has 1 saturated heterocycles. The van der Waals surface area contributed by atoms with E-state index in [0.717, 1.165) is 44.5 Å². The molecule has 0 saturated carbocycles. The molecule has 3 aromatic carbocycles. The Hall–Kier alpha value is -3.51. The van der Waals surface area contributed by atoms with Crippen molar-refractivity contribution in [1.82, 2.24) is 10.2 Å². The third-order valence-electron chi connectivity index (χ3n) is 6.71. The predicted molar refractivity (Wildman–Crippen MR) is 133 cm³/mol. The molecule has 4 rings (SSSR count). The van der Waals surface area contributed by atoms with Crippen LogP contribution >= 0.6 is 0 Å². The molecule has 1 amide bonds. The second-order valence-electron chi connectivity index (χ2n) is 8.92. The molecule has 1 aliphatic heterocycles. The number of carbonyl (C=O) groups excluding carboxylic acids is 1. The van der Waals surface area contributed by atoms with Gasteiger partial charge in [0, 0.05) is 30.5 Å². The van der Waals surface area contributed by atoms with Crippen molar-refractivity contribution in [3.63, 3.8) is 0 Å². The lowest BCUT2D eigenvalue weighted by atomic mass is 9.88. The van der Waals surface area contributed by atoms with Crippen molar-refractivity contribution in [1.29, 1.82) is 0 Å². The lowest BCUT2D eigenvalue weighted by Gasteiger charge is -2.32. The smallest absolute Gasteiger partial charge is 0.269 e. The number of rotatable bonds is 9. The molecule has 6 nitrogen and oxygen atoms in total. The van der Waals surface area contributed by atoms with E-state index in [1.54, 1.807) is 12.1 Å². The van der Waals surface area contributed by atoms with Gasteiger partial charge in [0.2, 0.25) is 5.91 Å². The Bertz CT molecular complexity index is 1020. The number of benzene rings is 3. The van der Waals surface area contributed by atoms with Crippen LogP contribution in [0.15, 0.2) is 84.9 Å². The highest BCUT2D eigenvalue weighted by Gasteiger charge is 2.25. The van der Waals surface area contributed by atoms with Crippen LogP contribution in [0.25, 0.3) is 0 Å². The first-order valence-electron chi connectivity index (χ1n) is 11.9. The highest BCUT2D eigenvalue weighted by molar-refractivity contribution is 5.78. The second-order valence-corrected chi connectivity index (χ2v) is 8.92. The Morgan fingerprint density at radius 1 is 0.912 bits per heavy atom. The summed E-state index contributed by atoms with van der Waals surface area (Å²) in [5.74, 6) is 0.461. The fraction of sp³-hybridized carbons (Fsp3) is 0.321. The van der Waals surface area contributed by atoms with E-state index in [1.807, 2.05) is 0 Å². The molecule has 6 heteroatoms. The van der Waals surface area contributed by atoms with Gasteiger partial charge in [-0.3, -0.25) is 14.9 Å². The normalized spacial score (nSPS) is 14.7. The van der Waals surface area contributed by atoms with E-state index >= 15 is 0 Å². The van der Waals surface area contributed by atoms with Crippen LogP contribution < -0.4 is 5.32 Å². The molecule has 176 valence electrons. The number of nitro benzene ring substituents is 1. The van der Waals surface area contributed by atoms with Crippen LogP contribution in [0.2, 0.25) is 0 Å². The number of hydrogen-bond donors (Lipinski definition) is 1. The van der Waals surface area contributed by atoms with Crippen LogP contribution in [0.3, 0.4) is 0 Å². The third kappa shape index (κ3) is 6.29. The topological polar surface area (TPSA) is 75.5 Å². The van der Waals surface area contributed by atoms with E-state index in [2.05, 4.69) is 70.9 Å². The van der Waals surface area contributed by atoms with Crippen molar-refractivity contribution in [2.75, 3.05) is 19.6 Å². The molecule has 1 fully saturated rings. The average Bonchev–Trinajstić information content (AvgIpc) is 2.89. The lowest BCUT2D eigenvalue weighted by molar-refractivity contribution is -0.384. The summed E-state index contributed by atoms with van der Waals surface area (Å²) < 4.78 is 0. The van der Waals surface area contributed by atoms with Gasteiger partial charge in [0.05, 0.1) is 4.92 Å². The molecule has 0 aliphatic carbocycles. The van der Waals surface area contributed by atoms with Gasteiger partial charge in [-0.15, -0.1) is 0 Å². The number of nitrogens with one attached hydrogen (secondary N) is 1. The molecular formula is C28H31N3O3. The Labute approximate surface area is 200 Å². The quantitative estimate of drug-likeness (QED) is 0.356. The Kier molecular flexibility index (Phi) is 8.04. The molecule has 1 heterocycles. The van der Waals surface area contributed by atoms with Crippen LogP contribution in [-0.2, 0) is 11.3 Å². The number of hydrogen-bond acceptors (Lipinski definition) is 4. The minimum absolute atomic E-state index is 0.0216. The molecule has 0 spiro atoms. The third-order valence-corrected chi connectivity index (χ3v) is 6.71. The maximum atomic E-state index is 12.7. The molecule has 0 unspecified atom stereocenters. The van der Waals surface area contributed by atoms with Crippen molar-refractivity contribution in [2.24, 2.45) is 5.92 Å². The van der Waals surface area contributed by atoms with E-state index < -0.39 is 4.92 Å². The van der Waals surface area contributed by atoms with Gasteiger partial charge in [-0.25, -0.2) is 0 Å². The van der Waals surface area contributed by atoms with Crippen LogP contribution in [0.1, 0.15) is 41.9 Å². The van der Waals surface area contributed by atoms with E-state index in [0.29, 0.717) is 12.5 Å². The van der Waals surface area contributed by atoms with E-state index in [4.69, 9.17) is 0 Å². The summed E-state index contributed by atoms with van der Waals surface area (Å²) in [7, 11) is 0. The van der Waals surface area contributed by atoms with Gasteiger partial charge >= 0.3 is 0 Å². The average molecular weight is 458 g/mol. The Balaban J connectivity index is 1.25. The summed E-state index contributed by atoms with van der Waals surface area (Å²) in [6.07, 6.45) is 2.76. The van der Waals surface area contributed by atoms with Crippen molar-refractivity contribution < 1.29 is 9.72 Å². The first kappa shape index (κ1) is 23.6. The van der Waals surface area contributed by atoms with E-state index in [1.165, 1.54) is 23.3 Å². The highest BCUT2D eigenvalue weighted by atomic mass is 16.6. The summed E-state index contributed by atoms with van der Waals surface area (Å²) in [6, 6.07) is 27.7. The van der Waals surface area contributed by atoms with Gasteiger partial charge in [-0.2, -0.15) is 0 Å². The number of non-ortho nitro benzene ring substituents is 1. The van der Waals surface area contributed by atoms with Crippen LogP contribution in [-0.4, -0.2) is 35.4 Å². The minimum atomic E-state index is -0.419. The predicted octanol–water partition coefficient (Wildman–Crippen LogP) is 5.15. The molecule has 0 aromatic heterocycles. The van der Waals surface area contributed by atoms with Crippen molar-refractivity contribution >= 4 is 11.6 Å². The van der Waals surface area contributed by atoms with Crippen molar-refractivity contribution in [3.8, 4) is 0 Å². The number of amides is 1. The molecule has 3 aromatic rings. The van der Waals surface area contributed by atoms with Gasteiger partial charge < -0.3 is 10.2 Å². The fourth-order valence-corrected chi connectivity index (χ4v) is 4.70. The maximum Gasteiger partial charge on any atom is 0.269 e. The summed E-state index contributed by atoms with van der Waals surface area (Å²) in [6.45, 7) is 3.25. The minimum Gasteiger partial charge on any atom is -0.352 e. The molecule has 1 aliphatic rings. The monoisotopic (exact) mass is 457 g/mol. The maximum absolute atomic E-state index is 12.7. The number of carbonyl (C=O) groups is 1. The largest absolute Gasteiger partial charge is 0.352 e. The van der Waals surface area contributed by atoms with E-state index in [9.17, 15) is 14.9 Å². The summed E-state index contributed by atoms with van der Waals surface area (Å²) in [5.41, 5.74) is 3.61. The first-order valence-corrected chi connectivity index (χ1v) is 11.9. The van der Waals surface area contributed by atoms with Gasteiger partial charge in [0.25, 0.3) is 5.69 Å². The summed E-state index contributed by atoms with van der Waals surface area (Å²) in [4.78, 5) is 25.5. The SMILES string of the molecule is O=C(NCc1ccc([N+](=O)[O-])cc1)C1CCN(CCC(c2ccccc2)c2ccccc2)CC1. The zero-order chi connectivity index (χ0) is 23.8. The molecule has 0 atom stereocenters. The van der Waals surface area contributed by atoms with Crippen molar-refractivity contribution in [3.05, 3.63) is 112 Å². The zero-order valence-electron chi connectivity index (χ0n) is 19.3. The standard InChI is InChI=1S/C28H31N3O3/c32-28(29-21-22-11-13-26(14-12-22)31(33)34)25-15-18-30(19-16-25)20-17-27(23-7-3-1-4-8-23)24-9-5-2-6-10-24/h1-14,25,27H,15-21H2,(H,29,32). The number of likely N-dealkylation sites (tertiary alicyclic amines) is 1. The second kappa shape index (κ2) is 11.6. The summed E-state index contributed by atoms with van der Waals surface area (Å²) in [5, 5.41) is 13.8. The van der Waals surface area contributed by atoms with Gasteiger partial charge in [-0.1, -0.05) is 72.8 Å². The summed E-state index contributed by atoms with van der Waals surface area (Å²) >= 11 is 0. The number of piperidine rings is 1. The van der Waals surface area contributed by atoms with Crippen LogP contribution in [0.4, 0.5) is 5.69 Å².